The molecule has 2 rings (SSSR count). The van der Waals surface area contributed by atoms with E-state index in [9.17, 15) is 8.42 Å². The number of hydrogen-bond acceptors (Lipinski definition) is 4. The van der Waals surface area contributed by atoms with Crippen molar-refractivity contribution < 1.29 is 8.42 Å². The highest BCUT2D eigenvalue weighted by Crippen LogP contribution is 2.17. The molecule has 0 aliphatic carbocycles. The molecule has 5 nitrogen and oxygen atoms in total. The highest BCUT2D eigenvalue weighted by Gasteiger charge is 2.18. The van der Waals surface area contributed by atoms with Crippen LogP contribution in [0.15, 0.2) is 23.1 Å². The first kappa shape index (κ1) is 16.0. The standard InChI is InChI=1S/C15H21N3O2S/c1-12-9-14(10-16)4-5-15(12)21(19,20)18-8-6-13-3-2-7-17-11-13/h4-5,9,13,17-18H,2-3,6-8,11H2,1H3/t13-/m1/s1. The van der Waals surface area contributed by atoms with Crippen molar-refractivity contribution in [3.8, 4) is 6.07 Å². The van der Waals surface area contributed by atoms with E-state index in [0.717, 1.165) is 32.4 Å². The molecule has 0 unspecified atom stereocenters. The Morgan fingerprint density at radius 3 is 2.90 bits per heavy atom. The second-order valence-corrected chi connectivity index (χ2v) is 7.23. The van der Waals surface area contributed by atoms with Gasteiger partial charge in [-0.05, 0) is 69.0 Å². The second kappa shape index (κ2) is 7.03. The van der Waals surface area contributed by atoms with Gasteiger partial charge in [-0.1, -0.05) is 0 Å². The average molecular weight is 307 g/mol. The minimum absolute atomic E-state index is 0.253. The van der Waals surface area contributed by atoms with Gasteiger partial charge in [0.25, 0.3) is 0 Å². The first-order valence-corrected chi connectivity index (χ1v) is 8.72. The van der Waals surface area contributed by atoms with E-state index in [1.807, 2.05) is 6.07 Å². The van der Waals surface area contributed by atoms with Crippen molar-refractivity contribution in [1.29, 1.82) is 5.26 Å². The molecule has 0 saturated carbocycles. The van der Waals surface area contributed by atoms with Crippen molar-refractivity contribution in [1.82, 2.24) is 10.0 Å². The summed E-state index contributed by atoms with van der Waals surface area (Å²) in [6, 6.07) is 6.64. The number of nitrogens with zero attached hydrogens (tertiary/aromatic N) is 1. The molecule has 0 radical (unpaired) electrons. The van der Waals surface area contributed by atoms with Gasteiger partial charge in [0, 0.05) is 6.54 Å². The highest BCUT2D eigenvalue weighted by atomic mass is 32.2. The van der Waals surface area contributed by atoms with E-state index >= 15 is 0 Å². The van der Waals surface area contributed by atoms with Crippen LogP contribution >= 0.6 is 0 Å². The molecule has 2 N–H and O–H groups in total. The SMILES string of the molecule is Cc1cc(C#N)ccc1S(=O)(=O)NCC[C@H]1CCCNC1. The summed E-state index contributed by atoms with van der Waals surface area (Å²) in [5.74, 6) is 0.545. The summed E-state index contributed by atoms with van der Waals surface area (Å²) in [6.07, 6.45) is 3.17. The second-order valence-electron chi connectivity index (χ2n) is 5.49. The molecule has 1 aliphatic heterocycles. The molecule has 114 valence electrons. The molecule has 1 saturated heterocycles. The third kappa shape index (κ3) is 4.27. The van der Waals surface area contributed by atoms with Gasteiger partial charge < -0.3 is 5.32 Å². The van der Waals surface area contributed by atoms with E-state index in [-0.39, 0.29) is 4.90 Å². The largest absolute Gasteiger partial charge is 0.316 e. The molecule has 21 heavy (non-hydrogen) atoms. The lowest BCUT2D eigenvalue weighted by Crippen LogP contribution is -2.33. The molecule has 1 aliphatic rings. The van der Waals surface area contributed by atoms with Gasteiger partial charge >= 0.3 is 0 Å². The number of piperidine rings is 1. The smallest absolute Gasteiger partial charge is 0.240 e. The molecule has 0 bridgehead atoms. The summed E-state index contributed by atoms with van der Waals surface area (Å²) in [5, 5.41) is 12.1. The monoisotopic (exact) mass is 307 g/mol. The van der Waals surface area contributed by atoms with Crippen molar-refractivity contribution in [2.75, 3.05) is 19.6 Å². The zero-order chi connectivity index (χ0) is 15.3. The summed E-state index contributed by atoms with van der Waals surface area (Å²) < 4.78 is 27.2. The van der Waals surface area contributed by atoms with Crippen LogP contribution in [0.4, 0.5) is 0 Å². The van der Waals surface area contributed by atoms with E-state index in [0.29, 0.717) is 23.6 Å². The van der Waals surface area contributed by atoms with E-state index in [4.69, 9.17) is 5.26 Å². The number of aryl methyl sites for hydroxylation is 1. The van der Waals surface area contributed by atoms with E-state index in [2.05, 4.69) is 10.0 Å². The first-order chi connectivity index (χ1) is 10.0. The Morgan fingerprint density at radius 1 is 1.48 bits per heavy atom. The molecule has 1 heterocycles. The van der Waals surface area contributed by atoms with Crippen molar-refractivity contribution >= 4 is 10.0 Å². The molecule has 1 aromatic rings. The van der Waals surface area contributed by atoms with Crippen LogP contribution in [0.5, 0.6) is 0 Å². The Morgan fingerprint density at radius 2 is 2.29 bits per heavy atom. The fourth-order valence-corrected chi connectivity index (χ4v) is 3.94. The molecule has 0 amide bonds. The summed E-state index contributed by atoms with van der Waals surface area (Å²) in [6.45, 7) is 4.19. The molecular weight excluding hydrogens is 286 g/mol. The number of sulfonamides is 1. The van der Waals surface area contributed by atoms with Crippen LogP contribution in [-0.2, 0) is 10.0 Å². The van der Waals surface area contributed by atoms with Gasteiger partial charge in [-0.3, -0.25) is 0 Å². The summed E-state index contributed by atoms with van der Waals surface area (Å²) in [5.41, 5.74) is 1.07. The lowest BCUT2D eigenvalue weighted by Gasteiger charge is -2.22. The summed E-state index contributed by atoms with van der Waals surface area (Å²) >= 11 is 0. The Balaban J connectivity index is 1.96. The zero-order valence-electron chi connectivity index (χ0n) is 12.2. The number of rotatable bonds is 5. The Kier molecular flexibility index (Phi) is 5.34. The normalized spacial score (nSPS) is 19.1. The summed E-state index contributed by atoms with van der Waals surface area (Å²) in [7, 11) is -3.50. The maximum absolute atomic E-state index is 12.3. The fourth-order valence-electron chi connectivity index (χ4n) is 2.67. The lowest BCUT2D eigenvalue weighted by atomic mass is 9.96. The van der Waals surface area contributed by atoms with E-state index < -0.39 is 10.0 Å². The van der Waals surface area contributed by atoms with Gasteiger partial charge in [-0.2, -0.15) is 5.26 Å². The molecule has 1 atom stereocenters. The lowest BCUT2D eigenvalue weighted by molar-refractivity contribution is 0.358. The van der Waals surface area contributed by atoms with Gasteiger partial charge in [-0.25, -0.2) is 13.1 Å². The van der Waals surface area contributed by atoms with Crippen molar-refractivity contribution in [3.63, 3.8) is 0 Å². The van der Waals surface area contributed by atoms with E-state index in [1.165, 1.54) is 12.1 Å². The fraction of sp³-hybridized carbons (Fsp3) is 0.533. The van der Waals surface area contributed by atoms with Crippen molar-refractivity contribution in [3.05, 3.63) is 29.3 Å². The number of nitrogens with one attached hydrogen (secondary N) is 2. The Hall–Kier alpha value is -1.42. The highest BCUT2D eigenvalue weighted by molar-refractivity contribution is 7.89. The number of benzene rings is 1. The topological polar surface area (TPSA) is 82.0 Å². The zero-order valence-corrected chi connectivity index (χ0v) is 13.0. The van der Waals surface area contributed by atoms with Crippen LogP contribution in [-0.4, -0.2) is 28.1 Å². The molecular formula is C15H21N3O2S. The Bertz CT molecular complexity index is 629. The van der Waals surface area contributed by atoms with Crippen LogP contribution in [0, 0.1) is 24.2 Å². The predicted molar refractivity (Wildman–Crippen MR) is 81.3 cm³/mol. The van der Waals surface area contributed by atoms with Gasteiger partial charge in [0.1, 0.15) is 0 Å². The van der Waals surface area contributed by atoms with Crippen LogP contribution in [0.3, 0.4) is 0 Å². The van der Waals surface area contributed by atoms with E-state index in [1.54, 1.807) is 13.0 Å². The number of nitriles is 1. The van der Waals surface area contributed by atoms with Gasteiger partial charge in [0.05, 0.1) is 16.5 Å². The quantitative estimate of drug-likeness (QED) is 0.864. The van der Waals surface area contributed by atoms with Crippen LogP contribution < -0.4 is 10.0 Å². The van der Waals surface area contributed by atoms with Crippen LogP contribution in [0.2, 0.25) is 0 Å². The Labute approximate surface area is 126 Å². The van der Waals surface area contributed by atoms with Gasteiger partial charge in [-0.15, -0.1) is 0 Å². The molecule has 0 aromatic heterocycles. The minimum Gasteiger partial charge on any atom is -0.316 e. The third-order valence-corrected chi connectivity index (χ3v) is 5.46. The van der Waals surface area contributed by atoms with Crippen LogP contribution in [0.1, 0.15) is 30.4 Å². The molecule has 1 aromatic carbocycles. The molecule has 1 fully saturated rings. The van der Waals surface area contributed by atoms with Crippen LogP contribution in [0.25, 0.3) is 0 Å². The number of hydrogen-bond donors (Lipinski definition) is 2. The average Bonchev–Trinajstić information content (AvgIpc) is 2.47. The minimum atomic E-state index is -3.50. The predicted octanol–water partition coefficient (Wildman–Crippen LogP) is 1.53. The maximum Gasteiger partial charge on any atom is 0.240 e. The molecule has 0 spiro atoms. The summed E-state index contributed by atoms with van der Waals surface area (Å²) in [4.78, 5) is 0.253. The third-order valence-electron chi connectivity index (χ3n) is 3.84. The first-order valence-electron chi connectivity index (χ1n) is 7.24. The van der Waals surface area contributed by atoms with Crippen molar-refractivity contribution in [2.45, 2.75) is 31.1 Å². The van der Waals surface area contributed by atoms with Crippen molar-refractivity contribution in [2.24, 2.45) is 5.92 Å². The van der Waals surface area contributed by atoms with Gasteiger partial charge in [0.2, 0.25) is 10.0 Å². The molecule has 6 heteroatoms. The maximum atomic E-state index is 12.3. The van der Waals surface area contributed by atoms with Gasteiger partial charge in [0.15, 0.2) is 0 Å².